The van der Waals surface area contributed by atoms with Crippen molar-refractivity contribution in [2.75, 3.05) is 26.8 Å². The van der Waals surface area contributed by atoms with Gasteiger partial charge in [0.2, 0.25) is 5.91 Å². The van der Waals surface area contributed by atoms with Gasteiger partial charge in [0.25, 0.3) is 0 Å². The number of ether oxygens (including phenoxy) is 1. The van der Waals surface area contributed by atoms with Gasteiger partial charge in [0.1, 0.15) is 0 Å². The molecule has 1 heterocycles. The molecule has 1 unspecified atom stereocenters. The number of carbonyl (C=O) groups excluding carboxylic acids is 1. The predicted octanol–water partition coefficient (Wildman–Crippen LogP) is -0.981. The highest BCUT2D eigenvalue weighted by molar-refractivity contribution is 5.81. The Morgan fingerprint density at radius 1 is 1.53 bits per heavy atom. The highest BCUT2D eigenvalue weighted by Crippen LogP contribution is 1.84. The molecule has 1 aromatic rings. The number of hydrogen-bond donors (Lipinski definition) is 2. The first-order valence-corrected chi connectivity index (χ1v) is 5.58. The van der Waals surface area contributed by atoms with E-state index < -0.39 is 0 Å². The van der Waals surface area contributed by atoms with E-state index in [1.165, 1.54) is 0 Å². The third-order valence-electron chi connectivity index (χ3n) is 2.26. The summed E-state index contributed by atoms with van der Waals surface area (Å²) in [6.45, 7) is 4.24. The van der Waals surface area contributed by atoms with Crippen LogP contribution in [0.3, 0.4) is 0 Å². The zero-order chi connectivity index (χ0) is 12.5. The first-order chi connectivity index (χ1) is 8.24. The topological polar surface area (TPSA) is 81.1 Å². The van der Waals surface area contributed by atoms with Crippen LogP contribution in [0.1, 0.15) is 6.92 Å². The Balaban J connectivity index is 2.11. The van der Waals surface area contributed by atoms with Gasteiger partial charge in [-0.05, 0) is 6.92 Å². The van der Waals surface area contributed by atoms with E-state index in [0.717, 1.165) is 0 Å². The molecule has 0 aliphatic rings. The molecule has 17 heavy (non-hydrogen) atoms. The molecule has 0 aliphatic heterocycles. The Morgan fingerprint density at radius 2 is 2.35 bits per heavy atom. The van der Waals surface area contributed by atoms with Gasteiger partial charge in [-0.15, -0.1) is 5.10 Å². The van der Waals surface area contributed by atoms with Gasteiger partial charge in [-0.25, -0.2) is 0 Å². The summed E-state index contributed by atoms with van der Waals surface area (Å²) in [5, 5.41) is 13.4. The SMILES string of the molecule is COCCNC(=O)C(C)NCCn1ccnn1. The van der Waals surface area contributed by atoms with E-state index >= 15 is 0 Å². The molecule has 0 aliphatic carbocycles. The highest BCUT2D eigenvalue weighted by Gasteiger charge is 2.10. The Hall–Kier alpha value is -1.47. The van der Waals surface area contributed by atoms with Crippen molar-refractivity contribution in [2.24, 2.45) is 0 Å². The van der Waals surface area contributed by atoms with E-state index in [2.05, 4.69) is 20.9 Å². The van der Waals surface area contributed by atoms with Crippen LogP contribution < -0.4 is 10.6 Å². The Kier molecular flexibility index (Phi) is 6.19. The van der Waals surface area contributed by atoms with Crippen molar-refractivity contribution in [2.45, 2.75) is 19.5 Å². The lowest BCUT2D eigenvalue weighted by Gasteiger charge is -2.13. The molecular formula is C10H19N5O2. The van der Waals surface area contributed by atoms with Crippen molar-refractivity contribution in [3.05, 3.63) is 12.4 Å². The highest BCUT2D eigenvalue weighted by atomic mass is 16.5. The molecule has 0 saturated carbocycles. The lowest BCUT2D eigenvalue weighted by molar-refractivity contribution is -0.122. The Labute approximate surface area is 101 Å². The summed E-state index contributed by atoms with van der Waals surface area (Å²) < 4.78 is 6.56. The van der Waals surface area contributed by atoms with Crippen LogP contribution in [-0.4, -0.2) is 53.7 Å². The van der Waals surface area contributed by atoms with E-state index in [4.69, 9.17) is 4.74 Å². The summed E-state index contributed by atoms with van der Waals surface area (Å²) in [5.74, 6) is -0.0272. The average molecular weight is 241 g/mol. The molecule has 0 fully saturated rings. The fourth-order valence-electron chi connectivity index (χ4n) is 1.27. The van der Waals surface area contributed by atoms with E-state index in [1.807, 2.05) is 6.92 Å². The fraction of sp³-hybridized carbons (Fsp3) is 0.700. The maximum absolute atomic E-state index is 11.5. The van der Waals surface area contributed by atoms with Crippen LogP contribution >= 0.6 is 0 Å². The second kappa shape index (κ2) is 7.75. The van der Waals surface area contributed by atoms with E-state index in [9.17, 15) is 4.79 Å². The van der Waals surface area contributed by atoms with Crippen molar-refractivity contribution >= 4 is 5.91 Å². The summed E-state index contributed by atoms with van der Waals surface area (Å²) in [6.07, 6.45) is 3.41. The van der Waals surface area contributed by atoms with Crippen LogP contribution in [-0.2, 0) is 16.1 Å². The molecule has 7 heteroatoms. The van der Waals surface area contributed by atoms with Crippen LogP contribution in [0.2, 0.25) is 0 Å². The van der Waals surface area contributed by atoms with Gasteiger partial charge in [-0.3, -0.25) is 9.48 Å². The normalized spacial score (nSPS) is 12.4. The monoisotopic (exact) mass is 241 g/mol. The number of hydrogen-bond acceptors (Lipinski definition) is 5. The smallest absolute Gasteiger partial charge is 0.236 e. The van der Waals surface area contributed by atoms with Crippen molar-refractivity contribution < 1.29 is 9.53 Å². The summed E-state index contributed by atoms with van der Waals surface area (Å²) in [6, 6.07) is -0.227. The number of carbonyl (C=O) groups is 1. The number of rotatable bonds is 8. The lowest BCUT2D eigenvalue weighted by Crippen LogP contribution is -2.44. The molecule has 1 amide bonds. The predicted molar refractivity (Wildman–Crippen MR) is 62.4 cm³/mol. The Morgan fingerprint density at radius 3 is 3.00 bits per heavy atom. The molecule has 1 rings (SSSR count). The van der Waals surface area contributed by atoms with Gasteiger partial charge in [-0.2, -0.15) is 0 Å². The molecule has 2 N–H and O–H groups in total. The molecule has 7 nitrogen and oxygen atoms in total. The van der Waals surface area contributed by atoms with Crippen molar-refractivity contribution in [1.29, 1.82) is 0 Å². The van der Waals surface area contributed by atoms with Crippen LogP contribution in [0.25, 0.3) is 0 Å². The van der Waals surface area contributed by atoms with E-state index in [0.29, 0.717) is 26.2 Å². The number of nitrogens with zero attached hydrogens (tertiary/aromatic N) is 3. The maximum atomic E-state index is 11.5. The summed E-state index contributed by atoms with van der Waals surface area (Å²) in [7, 11) is 1.60. The Bertz CT molecular complexity index is 315. The third-order valence-corrected chi connectivity index (χ3v) is 2.26. The molecular weight excluding hydrogens is 222 g/mol. The van der Waals surface area contributed by atoms with Gasteiger partial charge in [0.05, 0.1) is 25.4 Å². The minimum Gasteiger partial charge on any atom is -0.383 e. The molecule has 0 aromatic carbocycles. The standard InChI is InChI=1S/C10H19N5O2/c1-9(10(16)12-5-8-17-2)11-3-6-15-7-4-13-14-15/h4,7,9,11H,3,5-6,8H2,1-2H3,(H,12,16). The minimum absolute atomic E-state index is 0.0272. The van der Waals surface area contributed by atoms with Crippen LogP contribution in [0, 0.1) is 0 Å². The molecule has 1 atom stereocenters. The van der Waals surface area contributed by atoms with Gasteiger partial charge in [-0.1, -0.05) is 5.21 Å². The van der Waals surface area contributed by atoms with Gasteiger partial charge in [0.15, 0.2) is 0 Å². The van der Waals surface area contributed by atoms with Crippen LogP contribution in [0.15, 0.2) is 12.4 Å². The largest absolute Gasteiger partial charge is 0.383 e. The molecule has 0 radical (unpaired) electrons. The van der Waals surface area contributed by atoms with Gasteiger partial charge < -0.3 is 15.4 Å². The lowest BCUT2D eigenvalue weighted by atomic mass is 10.3. The van der Waals surface area contributed by atoms with Crippen LogP contribution in [0.4, 0.5) is 0 Å². The second-order valence-electron chi connectivity index (χ2n) is 3.63. The average Bonchev–Trinajstić information content (AvgIpc) is 2.82. The van der Waals surface area contributed by atoms with E-state index in [1.54, 1.807) is 24.2 Å². The maximum Gasteiger partial charge on any atom is 0.236 e. The van der Waals surface area contributed by atoms with E-state index in [-0.39, 0.29) is 11.9 Å². The fourth-order valence-corrected chi connectivity index (χ4v) is 1.27. The molecule has 0 saturated heterocycles. The summed E-state index contributed by atoms with van der Waals surface area (Å²) in [4.78, 5) is 11.5. The number of aromatic nitrogens is 3. The zero-order valence-electron chi connectivity index (χ0n) is 10.2. The molecule has 1 aromatic heterocycles. The van der Waals surface area contributed by atoms with Crippen LogP contribution in [0.5, 0.6) is 0 Å². The molecule has 96 valence electrons. The first-order valence-electron chi connectivity index (χ1n) is 5.58. The van der Waals surface area contributed by atoms with Crippen molar-refractivity contribution in [1.82, 2.24) is 25.6 Å². The number of nitrogens with one attached hydrogen (secondary N) is 2. The first kappa shape index (κ1) is 13.6. The van der Waals surface area contributed by atoms with Crippen molar-refractivity contribution in [3.8, 4) is 0 Å². The number of methoxy groups -OCH3 is 1. The minimum atomic E-state index is -0.227. The summed E-state index contributed by atoms with van der Waals surface area (Å²) in [5.41, 5.74) is 0. The van der Waals surface area contributed by atoms with Gasteiger partial charge in [0, 0.05) is 26.4 Å². The third kappa shape index (κ3) is 5.41. The number of amides is 1. The molecule has 0 spiro atoms. The zero-order valence-corrected chi connectivity index (χ0v) is 10.2. The van der Waals surface area contributed by atoms with Gasteiger partial charge >= 0.3 is 0 Å². The molecule has 0 bridgehead atoms. The van der Waals surface area contributed by atoms with Crippen molar-refractivity contribution in [3.63, 3.8) is 0 Å². The quantitative estimate of drug-likeness (QED) is 0.572. The second-order valence-corrected chi connectivity index (χ2v) is 3.63. The summed E-state index contributed by atoms with van der Waals surface area (Å²) >= 11 is 0.